The third-order valence-electron chi connectivity index (χ3n) is 6.35. The van der Waals surface area contributed by atoms with Gasteiger partial charge in [0.1, 0.15) is 5.01 Å². The molecule has 53 heavy (non-hydrogen) atoms. The molecule has 0 amide bonds. The Morgan fingerprint density at radius 2 is 0.887 bits per heavy atom. The van der Waals surface area contributed by atoms with Crippen LogP contribution < -0.4 is 0 Å². The average Bonchev–Trinajstić information content (AvgIpc) is 4.12. The van der Waals surface area contributed by atoms with Gasteiger partial charge in [-0.15, -0.1) is 22.7 Å². The summed E-state index contributed by atoms with van der Waals surface area (Å²) in [6.45, 7) is 16.0. The SMILES string of the molecule is CC.CC.CC.CC.c1ccc(-c2ccccn2)cc1.c1ccc(-c2cccs2)cc1.c1ccc(-c2ccn[nH]2)cc1.c1ccc(-c2nccs2)cc1. The number of hydrogen-bond acceptors (Lipinski definition) is 5. The van der Waals surface area contributed by atoms with Crippen LogP contribution in [0, 0.1) is 0 Å². The first-order valence-electron chi connectivity index (χ1n) is 18.4. The molecule has 4 aromatic heterocycles. The molecule has 4 heterocycles. The van der Waals surface area contributed by atoms with E-state index >= 15 is 0 Å². The molecule has 0 radical (unpaired) electrons. The number of pyridine rings is 1. The minimum Gasteiger partial charge on any atom is -0.278 e. The third kappa shape index (κ3) is 18.1. The zero-order valence-corrected chi connectivity index (χ0v) is 34.2. The van der Waals surface area contributed by atoms with Crippen LogP contribution in [0.1, 0.15) is 55.4 Å². The molecule has 0 atom stereocenters. The fourth-order valence-electron chi connectivity index (χ4n) is 4.17. The number of benzene rings is 4. The molecule has 0 aliphatic carbocycles. The van der Waals surface area contributed by atoms with Gasteiger partial charge in [0.25, 0.3) is 0 Å². The van der Waals surface area contributed by atoms with Crippen LogP contribution in [0.2, 0.25) is 0 Å². The van der Waals surface area contributed by atoms with Crippen molar-refractivity contribution in [1.29, 1.82) is 0 Å². The van der Waals surface area contributed by atoms with Crippen molar-refractivity contribution in [2.45, 2.75) is 55.4 Å². The number of H-pyrrole nitrogens is 1. The van der Waals surface area contributed by atoms with E-state index in [1.165, 1.54) is 21.6 Å². The highest BCUT2D eigenvalue weighted by atomic mass is 32.1. The minimum atomic E-state index is 1.03. The molecule has 1 N–H and O–H groups in total. The standard InChI is InChI=1S/C11H9N.C10H8S.C9H8N2.C9H7NS.4C2H6/c1-2-6-10(7-3-1)11-8-4-5-9-12-11;1-2-5-9(6-3-1)10-7-4-8-11-10;1-2-4-8(5-3-1)9-6-7-10-11-9;1-2-4-8(5-3-1)9-10-6-7-11-9;4*1-2/h1-9H;1-8H;1-7H,(H,10,11);1-7H;4*1-2H3. The largest absolute Gasteiger partial charge is 0.278 e. The highest BCUT2D eigenvalue weighted by molar-refractivity contribution is 7.13. The Kier molecular flexibility index (Phi) is 26.9. The Morgan fingerprint density at radius 3 is 1.32 bits per heavy atom. The zero-order valence-electron chi connectivity index (χ0n) is 32.6. The van der Waals surface area contributed by atoms with Crippen LogP contribution in [0.5, 0.6) is 0 Å². The molecule has 0 spiro atoms. The second-order valence-corrected chi connectivity index (χ2v) is 11.3. The van der Waals surface area contributed by atoms with Crippen molar-refractivity contribution >= 4 is 22.7 Å². The summed E-state index contributed by atoms with van der Waals surface area (Å²) >= 11 is 3.44. The van der Waals surface area contributed by atoms with Crippen molar-refractivity contribution < 1.29 is 0 Å². The van der Waals surface area contributed by atoms with Crippen LogP contribution in [0.3, 0.4) is 0 Å². The summed E-state index contributed by atoms with van der Waals surface area (Å²) in [5.74, 6) is 0. The molecule has 0 aliphatic heterocycles. The van der Waals surface area contributed by atoms with Gasteiger partial charge in [-0.2, -0.15) is 5.10 Å². The molecule has 8 aromatic rings. The van der Waals surface area contributed by atoms with E-state index in [-0.39, 0.29) is 0 Å². The van der Waals surface area contributed by atoms with Crippen LogP contribution >= 0.6 is 22.7 Å². The molecule has 8 rings (SSSR count). The molecule has 0 fully saturated rings. The normalized spacial score (nSPS) is 8.75. The van der Waals surface area contributed by atoms with Gasteiger partial charge < -0.3 is 0 Å². The van der Waals surface area contributed by atoms with E-state index in [9.17, 15) is 0 Å². The predicted octanol–water partition coefficient (Wildman–Crippen LogP) is 15.2. The lowest BCUT2D eigenvalue weighted by molar-refractivity contribution is 1.10. The Labute approximate surface area is 327 Å². The maximum absolute atomic E-state index is 4.25. The first kappa shape index (κ1) is 45.6. The van der Waals surface area contributed by atoms with Gasteiger partial charge >= 0.3 is 0 Å². The number of hydrogen-bond donors (Lipinski definition) is 1. The van der Waals surface area contributed by atoms with E-state index in [0.29, 0.717) is 0 Å². The smallest absolute Gasteiger partial charge is 0.123 e. The van der Waals surface area contributed by atoms with Crippen molar-refractivity contribution in [2.24, 2.45) is 0 Å². The van der Waals surface area contributed by atoms with Gasteiger partial charge in [0.05, 0.1) is 11.4 Å². The lowest BCUT2D eigenvalue weighted by atomic mass is 10.1. The van der Waals surface area contributed by atoms with Crippen LogP contribution in [0.15, 0.2) is 187 Å². The van der Waals surface area contributed by atoms with Crippen molar-refractivity contribution in [2.75, 3.05) is 0 Å². The third-order valence-corrected chi connectivity index (χ3v) is 8.09. The van der Waals surface area contributed by atoms with Crippen LogP contribution in [-0.4, -0.2) is 20.2 Å². The van der Waals surface area contributed by atoms with Crippen LogP contribution in [-0.2, 0) is 0 Å². The molecule has 0 bridgehead atoms. The van der Waals surface area contributed by atoms with E-state index in [1.807, 2.05) is 170 Å². The first-order chi connectivity index (χ1) is 26.4. The highest BCUT2D eigenvalue weighted by Gasteiger charge is 1.97. The van der Waals surface area contributed by atoms with Crippen LogP contribution in [0.4, 0.5) is 0 Å². The number of aromatic amines is 1. The predicted molar refractivity (Wildman–Crippen MR) is 236 cm³/mol. The Morgan fingerprint density at radius 1 is 0.377 bits per heavy atom. The number of thiazole rings is 1. The zero-order chi connectivity index (χ0) is 38.8. The minimum absolute atomic E-state index is 1.03. The number of nitrogens with zero attached hydrogens (tertiary/aromatic N) is 3. The molecule has 4 nitrogen and oxygen atoms in total. The van der Waals surface area contributed by atoms with Crippen molar-refractivity contribution in [3.05, 3.63) is 187 Å². The fraction of sp³-hybridized carbons (Fsp3) is 0.170. The van der Waals surface area contributed by atoms with Gasteiger partial charge in [0, 0.05) is 40.0 Å². The average molecular weight is 741 g/mol. The van der Waals surface area contributed by atoms with Crippen molar-refractivity contribution in [3.63, 3.8) is 0 Å². The molecule has 0 unspecified atom stereocenters. The molecular formula is C47H56N4S2. The van der Waals surface area contributed by atoms with Gasteiger partial charge in [-0.05, 0) is 40.8 Å². The summed E-state index contributed by atoms with van der Waals surface area (Å²) in [6.07, 6.45) is 5.39. The molecule has 0 saturated carbocycles. The Hall–Kier alpha value is -5.43. The van der Waals surface area contributed by atoms with Gasteiger partial charge in [-0.25, -0.2) is 4.98 Å². The van der Waals surface area contributed by atoms with E-state index in [0.717, 1.165) is 22.0 Å². The molecule has 4 aromatic carbocycles. The quantitative estimate of drug-likeness (QED) is 0.195. The molecule has 6 heteroatoms. The van der Waals surface area contributed by atoms with E-state index in [4.69, 9.17) is 0 Å². The number of thiophene rings is 1. The summed E-state index contributed by atoms with van der Waals surface area (Å²) in [4.78, 5) is 9.79. The Balaban J connectivity index is 0.000000332. The second-order valence-electron chi connectivity index (χ2n) is 9.46. The maximum Gasteiger partial charge on any atom is 0.123 e. The lowest BCUT2D eigenvalue weighted by Crippen LogP contribution is -1.79. The van der Waals surface area contributed by atoms with Crippen molar-refractivity contribution in [3.8, 4) is 43.5 Å². The summed E-state index contributed by atoms with van der Waals surface area (Å²) in [5.41, 5.74) is 6.93. The summed E-state index contributed by atoms with van der Waals surface area (Å²) in [6, 6.07) is 53.0. The van der Waals surface area contributed by atoms with Gasteiger partial charge in [-0.3, -0.25) is 10.1 Å². The monoisotopic (exact) mass is 740 g/mol. The fourth-order valence-corrected chi connectivity index (χ4v) is 5.55. The van der Waals surface area contributed by atoms with Crippen molar-refractivity contribution in [1.82, 2.24) is 20.2 Å². The maximum atomic E-state index is 4.25. The molecule has 0 saturated heterocycles. The lowest BCUT2D eigenvalue weighted by Gasteiger charge is -1.97. The first-order valence-corrected chi connectivity index (χ1v) is 20.2. The molecule has 0 aliphatic rings. The topological polar surface area (TPSA) is 54.5 Å². The van der Waals surface area contributed by atoms with E-state index in [1.54, 1.807) is 28.9 Å². The number of rotatable bonds is 4. The highest BCUT2D eigenvalue weighted by Crippen LogP contribution is 2.23. The number of aromatic nitrogens is 4. The summed E-state index contributed by atoms with van der Waals surface area (Å²) < 4.78 is 0. The Bertz CT molecular complexity index is 1640. The molecule has 276 valence electrons. The van der Waals surface area contributed by atoms with Gasteiger partial charge in [0.15, 0.2) is 0 Å². The number of nitrogens with one attached hydrogen (secondary N) is 1. The van der Waals surface area contributed by atoms with E-state index < -0.39 is 0 Å². The van der Waals surface area contributed by atoms with E-state index in [2.05, 4.69) is 86.2 Å². The van der Waals surface area contributed by atoms with Gasteiger partial charge in [-0.1, -0.05) is 189 Å². The summed E-state index contributed by atoms with van der Waals surface area (Å²) in [7, 11) is 0. The second kappa shape index (κ2) is 31.3. The summed E-state index contributed by atoms with van der Waals surface area (Å²) in [5, 5.41) is 12.0. The molecular weight excluding hydrogens is 685 g/mol. The van der Waals surface area contributed by atoms with Gasteiger partial charge in [0.2, 0.25) is 0 Å². The van der Waals surface area contributed by atoms with Crippen LogP contribution in [0.25, 0.3) is 43.5 Å².